The summed E-state index contributed by atoms with van der Waals surface area (Å²) < 4.78 is 5.68. The second-order valence-corrected chi connectivity index (χ2v) is 5.16. The Labute approximate surface area is 86.6 Å². The molecule has 3 N–H and O–H groups in total. The Balaban J connectivity index is 2.76. The fourth-order valence-corrected chi connectivity index (χ4v) is 2.57. The van der Waals surface area contributed by atoms with Gasteiger partial charge in [-0.05, 0) is 45.4 Å². The van der Waals surface area contributed by atoms with Crippen molar-refractivity contribution in [3.8, 4) is 0 Å². The molecule has 0 bridgehead atoms. The lowest BCUT2D eigenvalue weighted by molar-refractivity contribution is -0.115. The van der Waals surface area contributed by atoms with E-state index in [0.717, 1.165) is 25.9 Å². The van der Waals surface area contributed by atoms with E-state index in [1.54, 1.807) is 0 Å². The van der Waals surface area contributed by atoms with Crippen molar-refractivity contribution in [1.82, 2.24) is 0 Å². The molecule has 1 aliphatic heterocycles. The van der Waals surface area contributed by atoms with Gasteiger partial charge in [-0.2, -0.15) is 0 Å². The zero-order valence-corrected chi connectivity index (χ0v) is 9.55. The highest BCUT2D eigenvalue weighted by Crippen LogP contribution is 2.43. The fraction of sp³-hybridized carbons (Fsp3) is 1.00. The maximum Gasteiger partial charge on any atom is 0.0632 e. The lowest BCUT2D eigenvalue weighted by Crippen LogP contribution is -2.50. The highest BCUT2D eigenvalue weighted by molar-refractivity contribution is 4.94. The van der Waals surface area contributed by atoms with Crippen LogP contribution in [0.3, 0.4) is 0 Å². The van der Waals surface area contributed by atoms with Gasteiger partial charge in [0.1, 0.15) is 0 Å². The second-order valence-electron chi connectivity index (χ2n) is 5.16. The van der Waals surface area contributed by atoms with Crippen LogP contribution in [-0.2, 0) is 4.74 Å². The van der Waals surface area contributed by atoms with Gasteiger partial charge in [-0.25, -0.2) is 0 Å². The van der Waals surface area contributed by atoms with Gasteiger partial charge in [-0.3, -0.25) is 0 Å². The quantitative estimate of drug-likeness (QED) is 0.723. The van der Waals surface area contributed by atoms with Crippen molar-refractivity contribution in [2.45, 2.75) is 51.7 Å². The standard InChI is InChI=1S/C11H23NO2/c1-9(12)11(4-6-13)5-7-14-10(2,3)8-11/h9,13H,4-8,12H2,1-3H3. The maximum atomic E-state index is 9.11. The fourth-order valence-electron chi connectivity index (χ4n) is 2.57. The third kappa shape index (κ3) is 2.47. The van der Waals surface area contributed by atoms with Crippen LogP contribution in [0.25, 0.3) is 0 Å². The van der Waals surface area contributed by atoms with Crippen molar-refractivity contribution in [2.24, 2.45) is 11.1 Å². The van der Waals surface area contributed by atoms with Crippen LogP contribution >= 0.6 is 0 Å². The van der Waals surface area contributed by atoms with Crippen molar-refractivity contribution in [2.75, 3.05) is 13.2 Å². The topological polar surface area (TPSA) is 55.5 Å². The molecular weight excluding hydrogens is 178 g/mol. The minimum absolute atomic E-state index is 0.0660. The molecule has 0 radical (unpaired) electrons. The molecule has 0 saturated carbocycles. The number of aliphatic hydroxyl groups is 1. The van der Waals surface area contributed by atoms with Gasteiger partial charge in [-0.1, -0.05) is 0 Å². The van der Waals surface area contributed by atoms with Crippen LogP contribution in [0.5, 0.6) is 0 Å². The lowest BCUT2D eigenvalue weighted by Gasteiger charge is -2.47. The summed E-state index contributed by atoms with van der Waals surface area (Å²) in [5.41, 5.74) is 6.01. The van der Waals surface area contributed by atoms with Gasteiger partial charge in [0.15, 0.2) is 0 Å². The number of hydrogen-bond acceptors (Lipinski definition) is 3. The summed E-state index contributed by atoms with van der Waals surface area (Å²) in [5, 5.41) is 9.11. The van der Waals surface area contributed by atoms with Gasteiger partial charge in [0.25, 0.3) is 0 Å². The first-order valence-corrected chi connectivity index (χ1v) is 5.42. The third-order valence-electron chi connectivity index (χ3n) is 3.45. The molecule has 0 aromatic carbocycles. The number of ether oxygens (including phenoxy) is 1. The van der Waals surface area contributed by atoms with E-state index in [1.165, 1.54) is 0 Å². The molecule has 3 nitrogen and oxygen atoms in total. The summed E-state index contributed by atoms with van der Waals surface area (Å²) >= 11 is 0. The SMILES string of the molecule is CC(N)C1(CCO)CCOC(C)(C)C1. The van der Waals surface area contributed by atoms with Crippen LogP contribution in [0.1, 0.15) is 40.0 Å². The molecule has 0 aromatic heterocycles. The Kier molecular flexibility index (Phi) is 3.56. The van der Waals surface area contributed by atoms with Crippen molar-refractivity contribution in [1.29, 1.82) is 0 Å². The van der Waals surface area contributed by atoms with Crippen LogP contribution in [0.4, 0.5) is 0 Å². The van der Waals surface area contributed by atoms with E-state index in [-0.39, 0.29) is 23.7 Å². The summed E-state index contributed by atoms with van der Waals surface area (Å²) in [7, 11) is 0. The molecule has 2 unspecified atom stereocenters. The van der Waals surface area contributed by atoms with Crippen molar-refractivity contribution >= 4 is 0 Å². The Hall–Kier alpha value is -0.120. The van der Waals surface area contributed by atoms with E-state index < -0.39 is 0 Å². The molecule has 1 aliphatic rings. The van der Waals surface area contributed by atoms with Crippen molar-refractivity contribution < 1.29 is 9.84 Å². The molecular formula is C11H23NO2. The van der Waals surface area contributed by atoms with E-state index in [4.69, 9.17) is 15.6 Å². The summed E-state index contributed by atoms with van der Waals surface area (Å²) in [6, 6.07) is 0.123. The molecule has 14 heavy (non-hydrogen) atoms. The van der Waals surface area contributed by atoms with Crippen molar-refractivity contribution in [3.63, 3.8) is 0 Å². The smallest absolute Gasteiger partial charge is 0.0632 e. The molecule has 1 rings (SSSR count). The first kappa shape index (κ1) is 12.0. The van der Waals surface area contributed by atoms with Crippen LogP contribution in [-0.4, -0.2) is 30.0 Å². The van der Waals surface area contributed by atoms with Gasteiger partial charge in [0, 0.05) is 19.3 Å². The molecule has 0 spiro atoms. The molecule has 0 amide bonds. The Morgan fingerprint density at radius 2 is 2.14 bits per heavy atom. The predicted octanol–water partition coefficient (Wildman–Crippen LogP) is 1.29. The van der Waals surface area contributed by atoms with Gasteiger partial charge in [-0.15, -0.1) is 0 Å². The summed E-state index contributed by atoms with van der Waals surface area (Å²) in [4.78, 5) is 0. The Morgan fingerprint density at radius 1 is 1.50 bits per heavy atom. The maximum absolute atomic E-state index is 9.11. The molecule has 1 fully saturated rings. The van der Waals surface area contributed by atoms with E-state index in [9.17, 15) is 0 Å². The average molecular weight is 201 g/mol. The molecule has 1 saturated heterocycles. The van der Waals surface area contributed by atoms with Gasteiger partial charge < -0.3 is 15.6 Å². The zero-order chi connectivity index (χ0) is 10.8. The average Bonchev–Trinajstić information content (AvgIpc) is 2.02. The number of rotatable bonds is 3. The highest BCUT2D eigenvalue weighted by atomic mass is 16.5. The third-order valence-corrected chi connectivity index (χ3v) is 3.45. The first-order chi connectivity index (χ1) is 6.42. The molecule has 1 heterocycles. The molecule has 0 aliphatic carbocycles. The van der Waals surface area contributed by atoms with Crippen molar-refractivity contribution in [3.05, 3.63) is 0 Å². The van der Waals surface area contributed by atoms with Crippen LogP contribution in [0, 0.1) is 5.41 Å². The Morgan fingerprint density at radius 3 is 2.57 bits per heavy atom. The molecule has 84 valence electrons. The lowest BCUT2D eigenvalue weighted by atomic mass is 9.68. The molecule has 0 aromatic rings. The minimum Gasteiger partial charge on any atom is -0.396 e. The zero-order valence-electron chi connectivity index (χ0n) is 9.55. The second kappa shape index (κ2) is 4.17. The number of nitrogens with two attached hydrogens (primary N) is 1. The Bertz CT molecular complexity index is 188. The van der Waals surface area contributed by atoms with Gasteiger partial charge in [0.05, 0.1) is 5.60 Å². The summed E-state index contributed by atoms with van der Waals surface area (Å²) in [6.45, 7) is 7.21. The highest BCUT2D eigenvalue weighted by Gasteiger charge is 2.42. The number of aliphatic hydroxyl groups excluding tert-OH is 1. The minimum atomic E-state index is -0.0962. The van der Waals surface area contributed by atoms with Gasteiger partial charge >= 0.3 is 0 Å². The summed E-state index contributed by atoms with van der Waals surface area (Å²) in [6.07, 6.45) is 2.70. The van der Waals surface area contributed by atoms with Crippen LogP contribution in [0.15, 0.2) is 0 Å². The van der Waals surface area contributed by atoms with Crippen LogP contribution < -0.4 is 5.73 Å². The van der Waals surface area contributed by atoms with E-state index in [0.29, 0.717) is 0 Å². The molecule has 2 atom stereocenters. The monoisotopic (exact) mass is 201 g/mol. The van der Waals surface area contributed by atoms with E-state index >= 15 is 0 Å². The number of hydrogen-bond donors (Lipinski definition) is 2. The normalized spacial score (nSPS) is 34.1. The van der Waals surface area contributed by atoms with Crippen LogP contribution in [0.2, 0.25) is 0 Å². The first-order valence-electron chi connectivity index (χ1n) is 5.42. The van der Waals surface area contributed by atoms with E-state index in [2.05, 4.69) is 13.8 Å². The predicted molar refractivity (Wildman–Crippen MR) is 57.1 cm³/mol. The summed E-state index contributed by atoms with van der Waals surface area (Å²) in [5.74, 6) is 0. The van der Waals surface area contributed by atoms with E-state index in [1.807, 2.05) is 6.92 Å². The molecule has 3 heteroatoms. The largest absolute Gasteiger partial charge is 0.396 e. The van der Waals surface area contributed by atoms with Gasteiger partial charge in [0.2, 0.25) is 0 Å².